The standard InChI is InChI=1S/C4H6O6Si6/c1-3-16(4-2)9-14-7-12-5-11-6-13-8-15-10-16/h3-4H,1-2H2. The van der Waals surface area contributed by atoms with Gasteiger partial charge in [0.25, 0.3) is 0 Å². The van der Waals surface area contributed by atoms with E-state index in [1.807, 2.05) is 0 Å². The summed E-state index contributed by atoms with van der Waals surface area (Å²) in [6, 6.07) is 0. The molecule has 1 fully saturated rings. The summed E-state index contributed by atoms with van der Waals surface area (Å²) in [5.74, 6) is 0. The van der Waals surface area contributed by atoms with E-state index >= 15 is 0 Å². The highest BCUT2D eigenvalue weighted by Crippen LogP contribution is 2.08. The van der Waals surface area contributed by atoms with E-state index < -0.39 is 8.56 Å². The normalized spacial score (nSPS) is 23.8. The van der Waals surface area contributed by atoms with Crippen molar-refractivity contribution < 1.29 is 24.7 Å². The molecule has 0 aromatic carbocycles. The molecule has 10 radical (unpaired) electrons. The third-order valence-corrected chi connectivity index (χ3v) is 8.33. The van der Waals surface area contributed by atoms with Crippen LogP contribution in [0.5, 0.6) is 0 Å². The first-order valence-corrected chi connectivity index (χ1v) is 9.90. The molecule has 0 spiro atoms. The average molecular weight is 319 g/mol. The van der Waals surface area contributed by atoms with Crippen molar-refractivity contribution in [3.05, 3.63) is 24.6 Å². The van der Waals surface area contributed by atoms with Crippen LogP contribution in [0.15, 0.2) is 24.6 Å². The van der Waals surface area contributed by atoms with Gasteiger partial charge in [-0.3, -0.25) is 0 Å². The number of hydrogen-bond donors (Lipinski definition) is 0. The highest BCUT2D eigenvalue weighted by Gasteiger charge is 2.31. The zero-order chi connectivity index (χ0) is 11.7. The summed E-state index contributed by atoms with van der Waals surface area (Å²) in [6.07, 6.45) is 0. The molecule has 0 aliphatic carbocycles. The van der Waals surface area contributed by atoms with E-state index in [0.29, 0.717) is 0 Å². The first-order chi connectivity index (χ1) is 7.83. The van der Waals surface area contributed by atoms with Crippen LogP contribution in [0.2, 0.25) is 0 Å². The molecule has 1 saturated heterocycles. The molecule has 0 amide bonds. The zero-order valence-electron chi connectivity index (χ0n) is 8.02. The van der Waals surface area contributed by atoms with Crippen molar-refractivity contribution >= 4 is 58.6 Å². The van der Waals surface area contributed by atoms with Crippen LogP contribution < -0.4 is 0 Å². The second-order valence-corrected chi connectivity index (χ2v) is 10.2. The van der Waals surface area contributed by atoms with Gasteiger partial charge in [0.2, 0.25) is 0 Å². The quantitative estimate of drug-likeness (QED) is 0.588. The van der Waals surface area contributed by atoms with Crippen molar-refractivity contribution in [1.29, 1.82) is 0 Å². The van der Waals surface area contributed by atoms with Crippen molar-refractivity contribution in [3.63, 3.8) is 0 Å². The van der Waals surface area contributed by atoms with Crippen molar-refractivity contribution in [2.75, 3.05) is 0 Å². The van der Waals surface area contributed by atoms with Gasteiger partial charge in [-0.25, -0.2) is 0 Å². The summed E-state index contributed by atoms with van der Waals surface area (Å²) in [6.45, 7) is 7.35. The van der Waals surface area contributed by atoms with Crippen LogP contribution in [0.25, 0.3) is 0 Å². The highest BCUT2D eigenvalue weighted by atomic mass is 28.5. The Kier molecular flexibility index (Phi) is 7.85. The van der Waals surface area contributed by atoms with Crippen LogP contribution >= 0.6 is 0 Å². The monoisotopic (exact) mass is 318 g/mol. The molecule has 0 saturated carbocycles. The molecule has 6 nitrogen and oxygen atoms in total. The second kappa shape index (κ2) is 8.61. The lowest BCUT2D eigenvalue weighted by Crippen LogP contribution is -2.43. The van der Waals surface area contributed by atoms with Gasteiger partial charge >= 0.3 is 58.6 Å². The molecule has 0 N–H and O–H groups in total. The van der Waals surface area contributed by atoms with Gasteiger partial charge in [0.05, 0.1) is 0 Å². The molecule has 0 unspecified atom stereocenters. The maximum atomic E-state index is 5.51. The molecular weight excluding hydrogens is 313 g/mol. The molecule has 82 valence electrons. The Morgan fingerprint density at radius 2 is 1.06 bits per heavy atom. The van der Waals surface area contributed by atoms with E-state index in [1.54, 1.807) is 11.4 Å². The average Bonchev–Trinajstić information content (AvgIpc) is 2.31. The zero-order valence-corrected chi connectivity index (χ0v) is 14.0. The molecule has 1 aliphatic heterocycles. The topological polar surface area (TPSA) is 55.4 Å². The van der Waals surface area contributed by atoms with Gasteiger partial charge in [0.1, 0.15) is 0 Å². The van der Waals surface area contributed by atoms with Crippen molar-refractivity contribution in [1.82, 2.24) is 0 Å². The summed E-state index contributed by atoms with van der Waals surface area (Å²) in [5.41, 5.74) is 3.24. The minimum atomic E-state index is -2.60. The molecule has 1 heterocycles. The fourth-order valence-electron chi connectivity index (χ4n) is 0.573. The van der Waals surface area contributed by atoms with Crippen LogP contribution in [0.3, 0.4) is 0 Å². The van der Waals surface area contributed by atoms with Crippen molar-refractivity contribution in [2.24, 2.45) is 0 Å². The van der Waals surface area contributed by atoms with Gasteiger partial charge in [0, 0.05) is 0 Å². The molecule has 0 atom stereocenters. The number of rotatable bonds is 2. The van der Waals surface area contributed by atoms with Gasteiger partial charge in [-0.2, -0.15) is 0 Å². The fourth-order valence-corrected chi connectivity index (χ4v) is 6.91. The second-order valence-electron chi connectivity index (χ2n) is 2.16. The maximum Gasteiger partial charge on any atom is 0.413 e. The molecular formula is C4H6O6Si6. The summed E-state index contributed by atoms with van der Waals surface area (Å²) in [4.78, 5) is 0. The van der Waals surface area contributed by atoms with Gasteiger partial charge in [-0.1, -0.05) is 0 Å². The Labute approximate surface area is 108 Å². The van der Waals surface area contributed by atoms with Gasteiger partial charge in [0.15, 0.2) is 0 Å². The molecule has 0 aromatic heterocycles. The van der Waals surface area contributed by atoms with E-state index in [2.05, 4.69) is 13.2 Å². The summed E-state index contributed by atoms with van der Waals surface area (Å²) in [7, 11) is -3.29. The van der Waals surface area contributed by atoms with Crippen molar-refractivity contribution in [3.8, 4) is 0 Å². The van der Waals surface area contributed by atoms with E-state index in [4.69, 9.17) is 24.7 Å². The Morgan fingerprint density at radius 1 is 0.688 bits per heavy atom. The first kappa shape index (κ1) is 14.6. The largest absolute Gasteiger partial charge is 0.413 e. The molecule has 0 aromatic rings. The summed E-state index contributed by atoms with van der Waals surface area (Å²) in [5, 5.41) is 0. The van der Waals surface area contributed by atoms with E-state index in [9.17, 15) is 0 Å². The fraction of sp³-hybridized carbons (Fsp3) is 0. The minimum Gasteiger partial charge on any atom is -0.412 e. The summed E-state index contributed by atoms with van der Waals surface area (Å²) < 4.78 is 31.3. The lowest BCUT2D eigenvalue weighted by Gasteiger charge is -2.23. The van der Waals surface area contributed by atoms with Crippen LogP contribution in [0.4, 0.5) is 0 Å². The van der Waals surface area contributed by atoms with E-state index in [-0.39, 0.29) is 50.0 Å². The predicted molar refractivity (Wildman–Crippen MR) is 61.4 cm³/mol. The maximum absolute atomic E-state index is 5.51. The third-order valence-electron chi connectivity index (χ3n) is 1.30. The lowest BCUT2D eigenvalue weighted by molar-refractivity contribution is 0.331. The minimum absolute atomic E-state index is 0.0925. The van der Waals surface area contributed by atoms with Gasteiger partial charge in [-0.05, 0) is 11.4 Å². The lowest BCUT2D eigenvalue weighted by atomic mass is 11.2. The molecule has 0 bridgehead atoms. The van der Waals surface area contributed by atoms with Crippen LogP contribution in [-0.2, 0) is 24.7 Å². The van der Waals surface area contributed by atoms with E-state index in [0.717, 1.165) is 0 Å². The Morgan fingerprint density at radius 3 is 1.44 bits per heavy atom. The van der Waals surface area contributed by atoms with Gasteiger partial charge < -0.3 is 24.7 Å². The molecule has 1 aliphatic rings. The van der Waals surface area contributed by atoms with Crippen LogP contribution in [0.1, 0.15) is 0 Å². The smallest absolute Gasteiger partial charge is 0.412 e. The van der Waals surface area contributed by atoms with Crippen molar-refractivity contribution in [2.45, 2.75) is 0 Å². The Balaban J connectivity index is 2.47. The van der Waals surface area contributed by atoms with Crippen LogP contribution in [0, 0.1) is 0 Å². The Hall–Kier alpha value is 0.541. The van der Waals surface area contributed by atoms with Crippen LogP contribution in [-0.4, -0.2) is 58.6 Å². The molecule has 1 rings (SSSR count). The third kappa shape index (κ3) is 5.25. The van der Waals surface area contributed by atoms with E-state index in [1.165, 1.54) is 0 Å². The first-order valence-electron chi connectivity index (χ1n) is 3.84. The summed E-state index contributed by atoms with van der Waals surface area (Å²) >= 11 is 0. The predicted octanol–water partition coefficient (Wildman–Crippen LogP) is -1.34. The van der Waals surface area contributed by atoms with Gasteiger partial charge in [-0.15, -0.1) is 13.2 Å². The number of hydrogen-bond acceptors (Lipinski definition) is 6. The highest BCUT2D eigenvalue weighted by molar-refractivity contribution is 6.83. The Bertz CT molecular complexity index is 205. The molecule has 12 heteroatoms. The SMILES string of the molecule is C=C[Si]1(C=C)O[Si]O[Si]O[Si]O[Si]O[Si]O1. The molecule has 16 heavy (non-hydrogen) atoms.